The standard InChI is InChI=1S/C14H17N3O3/c1-3-19-14(18)12-9(2)6-7-17(12)8-11-15-13(16-20-11)10-4-5-10/h6-7,10H,3-5,8H2,1-2H3. The molecule has 0 saturated heterocycles. The number of hydrogen-bond acceptors (Lipinski definition) is 5. The molecular formula is C14H17N3O3. The third-order valence-electron chi connectivity index (χ3n) is 3.37. The van der Waals surface area contributed by atoms with Crippen LogP contribution in [0.25, 0.3) is 0 Å². The minimum Gasteiger partial charge on any atom is -0.461 e. The summed E-state index contributed by atoms with van der Waals surface area (Å²) in [4.78, 5) is 16.3. The quantitative estimate of drug-likeness (QED) is 0.783. The molecule has 0 bridgehead atoms. The lowest BCUT2D eigenvalue weighted by atomic mass is 10.3. The molecule has 0 radical (unpaired) electrons. The van der Waals surface area contributed by atoms with Crippen molar-refractivity contribution in [2.75, 3.05) is 6.61 Å². The Morgan fingerprint density at radius 1 is 1.55 bits per heavy atom. The van der Waals surface area contributed by atoms with E-state index in [0.717, 1.165) is 24.2 Å². The van der Waals surface area contributed by atoms with Crippen molar-refractivity contribution in [3.8, 4) is 0 Å². The van der Waals surface area contributed by atoms with Gasteiger partial charge in [-0.2, -0.15) is 4.98 Å². The van der Waals surface area contributed by atoms with Gasteiger partial charge in [0.05, 0.1) is 6.61 Å². The summed E-state index contributed by atoms with van der Waals surface area (Å²) in [6.07, 6.45) is 4.11. The van der Waals surface area contributed by atoms with Crippen LogP contribution in [0.5, 0.6) is 0 Å². The first-order valence-electron chi connectivity index (χ1n) is 6.84. The number of carbonyl (C=O) groups is 1. The number of esters is 1. The van der Waals surface area contributed by atoms with Crippen LogP contribution >= 0.6 is 0 Å². The SMILES string of the molecule is CCOC(=O)c1c(C)ccn1Cc1nc(C2CC2)no1. The topological polar surface area (TPSA) is 70.2 Å². The van der Waals surface area contributed by atoms with Gasteiger partial charge in [-0.3, -0.25) is 0 Å². The smallest absolute Gasteiger partial charge is 0.355 e. The molecule has 1 saturated carbocycles. The van der Waals surface area contributed by atoms with Gasteiger partial charge in [0, 0.05) is 12.1 Å². The lowest BCUT2D eigenvalue weighted by molar-refractivity contribution is 0.0513. The lowest BCUT2D eigenvalue weighted by Gasteiger charge is -2.07. The highest BCUT2D eigenvalue weighted by Gasteiger charge is 2.29. The predicted molar refractivity (Wildman–Crippen MR) is 70.5 cm³/mol. The molecule has 1 fully saturated rings. The molecule has 0 atom stereocenters. The van der Waals surface area contributed by atoms with E-state index in [0.29, 0.717) is 30.7 Å². The summed E-state index contributed by atoms with van der Waals surface area (Å²) < 4.78 is 12.1. The second-order valence-corrected chi connectivity index (χ2v) is 5.02. The van der Waals surface area contributed by atoms with Gasteiger partial charge in [-0.1, -0.05) is 5.16 Å². The molecule has 2 aromatic heterocycles. The number of hydrogen-bond donors (Lipinski definition) is 0. The fraction of sp³-hybridized carbons (Fsp3) is 0.500. The molecule has 0 aromatic carbocycles. The fourth-order valence-corrected chi connectivity index (χ4v) is 2.18. The Morgan fingerprint density at radius 2 is 2.35 bits per heavy atom. The molecule has 0 spiro atoms. The predicted octanol–water partition coefficient (Wildman–Crippen LogP) is 2.28. The summed E-state index contributed by atoms with van der Waals surface area (Å²) in [6, 6.07) is 1.88. The number of aryl methyl sites for hydroxylation is 1. The molecule has 0 amide bonds. The molecule has 0 aliphatic heterocycles. The minimum atomic E-state index is -0.322. The maximum atomic E-state index is 12.0. The van der Waals surface area contributed by atoms with Gasteiger partial charge in [0.15, 0.2) is 5.82 Å². The zero-order valence-corrected chi connectivity index (χ0v) is 11.6. The van der Waals surface area contributed by atoms with Crippen LogP contribution in [-0.4, -0.2) is 27.3 Å². The Balaban J connectivity index is 1.80. The molecule has 1 aliphatic carbocycles. The van der Waals surface area contributed by atoms with E-state index < -0.39 is 0 Å². The van der Waals surface area contributed by atoms with Crippen LogP contribution in [0.15, 0.2) is 16.8 Å². The molecule has 106 valence electrons. The van der Waals surface area contributed by atoms with Crippen molar-refractivity contribution >= 4 is 5.97 Å². The summed E-state index contributed by atoms with van der Waals surface area (Å²) in [5, 5.41) is 3.98. The van der Waals surface area contributed by atoms with Crippen LogP contribution in [0.2, 0.25) is 0 Å². The molecule has 0 unspecified atom stereocenters. The molecule has 20 heavy (non-hydrogen) atoms. The monoisotopic (exact) mass is 275 g/mol. The molecule has 2 heterocycles. The van der Waals surface area contributed by atoms with E-state index in [9.17, 15) is 4.79 Å². The number of carbonyl (C=O) groups excluding carboxylic acids is 1. The largest absolute Gasteiger partial charge is 0.461 e. The van der Waals surface area contributed by atoms with E-state index in [1.807, 2.05) is 19.2 Å². The van der Waals surface area contributed by atoms with Crippen molar-refractivity contribution in [3.63, 3.8) is 0 Å². The summed E-state index contributed by atoms with van der Waals surface area (Å²) in [7, 11) is 0. The van der Waals surface area contributed by atoms with Gasteiger partial charge >= 0.3 is 5.97 Å². The van der Waals surface area contributed by atoms with Crippen LogP contribution in [0, 0.1) is 6.92 Å². The van der Waals surface area contributed by atoms with Crippen molar-refractivity contribution in [1.29, 1.82) is 0 Å². The zero-order chi connectivity index (χ0) is 14.1. The van der Waals surface area contributed by atoms with Crippen molar-refractivity contribution in [1.82, 2.24) is 14.7 Å². The van der Waals surface area contributed by atoms with Gasteiger partial charge < -0.3 is 13.8 Å². The van der Waals surface area contributed by atoms with Crippen LogP contribution < -0.4 is 0 Å². The minimum absolute atomic E-state index is 0.322. The van der Waals surface area contributed by atoms with E-state index in [-0.39, 0.29) is 5.97 Å². The maximum Gasteiger partial charge on any atom is 0.355 e. The Kier molecular flexibility index (Phi) is 3.30. The van der Waals surface area contributed by atoms with Gasteiger partial charge in [0.25, 0.3) is 0 Å². The molecule has 3 rings (SSSR count). The number of ether oxygens (including phenoxy) is 1. The highest BCUT2D eigenvalue weighted by atomic mass is 16.5. The lowest BCUT2D eigenvalue weighted by Crippen LogP contribution is -2.13. The van der Waals surface area contributed by atoms with Gasteiger partial charge in [-0.05, 0) is 38.3 Å². The Hall–Kier alpha value is -2.11. The third kappa shape index (κ3) is 2.45. The molecular weight excluding hydrogens is 258 g/mol. The zero-order valence-electron chi connectivity index (χ0n) is 11.6. The summed E-state index contributed by atoms with van der Waals surface area (Å²) in [6.45, 7) is 4.42. The van der Waals surface area contributed by atoms with Crippen molar-refractivity contribution < 1.29 is 14.1 Å². The van der Waals surface area contributed by atoms with E-state index in [1.54, 1.807) is 11.5 Å². The van der Waals surface area contributed by atoms with E-state index in [2.05, 4.69) is 10.1 Å². The van der Waals surface area contributed by atoms with Gasteiger partial charge in [-0.15, -0.1) is 0 Å². The summed E-state index contributed by atoms with van der Waals surface area (Å²) in [5.41, 5.74) is 1.42. The first-order chi connectivity index (χ1) is 9.69. The highest BCUT2D eigenvalue weighted by Crippen LogP contribution is 2.38. The van der Waals surface area contributed by atoms with Gasteiger partial charge in [0.1, 0.15) is 12.2 Å². The van der Waals surface area contributed by atoms with Crippen LogP contribution in [0.1, 0.15) is 53.5 Å². The van der Waals surface area contributed by atoms with Gasteiger partial charge in [0.2, 0.25) is 5.89 Å². The van der Waals surface area contributed by atoms with Crippen molar-refractivity contribution in [2.24, 2.45) is 0 Å². The van der Waals surface area contributed by atoms with Crippen LogP contribution in [0.4, 0.5) is 0 Å². The maximum absolute atomic E-state index is 12.0. The highest BCUT2D eigenvalue weighted by molar-refractivity contribution is 5.89. The first-order valence-corrected chi connectivity index (χ1v) is 6.84. The number of aromatic nitrogens is 3. The van der Waals surface area contributed by atoms with E-state index in [4.69, 9.17) is 9.26 Å². The molecule has 2 aromatic rings. The second kappa shape index (κ2) is 5.11. The number of rotatable bonds is 5. The normalized spacial score (nSPS) is 14.5. The summed E-state index contributed by atoms with van der Waals surface area (Å²) in [5.74, 6) is 1.44. The molecule has 6 heteroatoms. The Labute approximate surface area is 116 Å². The molecule has 0 N–H and O–H groups in total. The second-order valence-electron chi connectivity index (χ2n) is 5.02. The number of nitrogens with zero attached hydrogens (tertiary/aromatic N) is 3. The summed E-state index contributed by atoms with van der Waals surface area (Å²) >= 11 is 0. The van der Waals surface area contributed by atoms with Crippen molar-refractivity contribution in [3.05, 3.63) is 35.2 Å². The Morgan fingerprint density at radius 3 is 3.05 bits per heavy atom. The Bertz CT molecular complexity index is 625. The van der Waals surface area contributed by atoms with Crippen LogP contribution in [0.3, 0.4) is 0 Å². The molecule has 6 nitrogen and oxygen atoms in total. The molecule has 1 aliphatic rings. The fourth-order valence-electron chi connectivity index (χ4n) is 2.18. The third-order valence-corrected chi connectivity index (χ3v) is 3.37. The van der Waals surface area contributed by atoms with E-state index in [1.165, 1.54) is 0 Å². The van der Waals surface area contributed by atoms with Gasteiger partial charge in [-0.25, -0.2) is 4.79 Å². The van der Waals surface area contributed by atoms with Crippen LogP contribution in [-0.2, 0) is 11.3 Å². The average molecular weight is 275 g/mol. The van der Waals surface area contributed by atoms with Crippen molar-refractivity contribution in [2.45, 2.75) is 39.2 Å². The first kappa shape index (κ1) is 12.9. The van der Waals surface area contributed by atoms with E-state index >= 15 is 0 Å². The average Bonchev–Trinajstić information content (AvgIpc) is 3.06.